The fraction of sp³-hybridized carbons (Fsp3) is 0.357. The van der Waals surface area contributed by atoms with Crippen molar-refractivity contribution in [3.05, 3.63) is 35.5 Å². The van der Waals surface area contributed by atoms with Gasteiger partial charge in [0, 0.05) is 23.4 Å². The molecule has 1 atom stereocenters. The summed E-state index contributed by atoms with van der Waals surface area (Å²) in [5.41, 5.74) is 2.82. The fourth-order valence-corrected chi connectivity index (χ4v) is 3.04. The van der Waals surface area contributed by atoms with Crippen LogP contribution in [0.3, 0.4) is 0 Å². The van der Waals surface area contributed by atoms with Crippen molar-refractivity contribution in [3.63, 3.8) is 0 Å². The molecule has 1 unspecified atom stereocenters. The van der Waals surface area contributed by atoms with Crippen LogP contribution in [0.5, 0.6) is 0 Å². The van der Waals surface area contributed by atoms with E-state index in [1.807, 2.05) is 0 Å². The molecule has 0 radical (unpaired) electrons. The molecule has 24 heavy (non-hydrogen) atoms. The van der Waals surface area contributed by atoms with E-state index in [2.05, 4.69) is 10.3 Å². The molecule has 1 aromatic heterocycles. The standard InChI is InChI=1S/C14H17ClN4O4S/c1-14(13(20)17-21,24(2,22)23)7-8-19-9-12(16-18-19)10-3-5-11(15)6-4-10/h3-6,9,21H,7-8H2,1-2H3,(H,17,20). The van der Waals surface area contributed by atoms with Gasteiger partial charge in [-0.25, -0.2) is 13.9 Å². The number of carbonyl (C=O) groups is 1. The van der Waals surface area contributed by atoms with E-state index in [9.17, 15) is 13.2 Å². The predicted molar refractivity (Wildman–Crippen MR) is 88.3 cm³/mol. The van der Waals surface area contributed by atoms with Crippen molar-refractivity contribution in [2.45, 2.75) is 24.6 Å². The Kier molecular flexibility index (Phi) is 5.26. The highest BCUT2D eigenvalue weighted by molar-refractivity contribution is 7.92. The molecule has 0 fully saturated rings. The first kappa shape index (κ1) is 18.4. The van der Waals surface area contributed by atoms with Gasteiger partial charge in [-0.2, -0.15) is 0 Å². The number of rotatable bonds is 6. The Labute approximate surface area is 144 Å². The molecule has 0 aliphatic carbocycles. The molecule has 0 saturated carbocycles. The zero-order valence-corrected chi connectivity index (χ0v) is 14.7. The number of aromatic nitrogens is 3. The van der Waals surface area contributed by atoms with Crippen LogP contribution in [0.25, 0.3) is 11.3 Å². The summed E-state index contributed by atoms with van der Waals surface area (Å²) in [5.74, 6) is -0.983. The van der Waals surface area contributed by atoms with Gasteiger partial charge >= 0.3 is 0 Å². The molecule has 0 aliphatic heterocycles. The van der Waals surface area contributed by atoms with E-state index in [4.69, 9.17) is 16.8 Å². The highest BCUT2D eigenvalue weighted by atomic mass is 35.5. The number of hydroxylamine groups is 1. The normalized spacial score (nSPS) is 14.2. The van der Waals surface area contributed by atoms with Gasteiger partial charge in [-0.3, -0.25) is 14.7 Å². The second-order valence-electron chi connectivity index (χ2n) is 5.57. The number of halogens is 1. The number of benzene rings is 1. The van der Waals surface area contributed by atoms with Crippen LogP contribution in [0.2, 0.25) is 5.02 Å². The molecule has 1 heterocycles. The zero-order valence-electron chi connectivity index (χ0n) is 13.1. The first-order valence-electron chi connectivity index (χ1n) is 6.97. The molecule has 2 rings (SSSR count). The molecule has 0 aliphatic rings. The maximum atomic E-state index is 11.9. The lowest BCUT2D eigenvalue weighted by molar-refractivity contribution is -0.131. The summed E-state index contributed by atoms with van der Waals surface area (Å²) in [6, 6.07) is 7.03. The van der Waals surface area contributed by atoms with E-state index in [1.54, 1.807) is 30.5 Å². The largest absolute Gasteiger partial charge is 0.289 e. The Bertz CT molecular complexity index is 835. The van der Waals surface area contributed by atoms with Crippen LogP contribution in [-0.2, 0) is 21.2 Å². The molecule has 1 aromatic carbocycles. The summed E-state index contributed by atoms with van der Waals surface area (Å²) in [5, 5.41) is 17.3. The second-order valence-corrected chi connectivity index (χ2v) is 8.45. The van der Waals surface area contributed by atoms with Crippen molar-refractivity contribution in [1.29, 1.82) is 0 Å². The minimum atomic E-state index is -3.74. The molecule has 2 aromatic rings. The van der Waals surface area contributed by atoms with Gasteiger partial charge in [0.15, 0.2) is 14.6 Å². The SMILES string of the molecule is CC(CCn1cc(-c2ccc(Cl)cc2)nn1)(C(=O)NO)S(C)(=O)=O. The van der Waals surface area contributed by atoms with Gasteiger partial charge in [0.1, 0.15) is 5.69 Å². The number of aryl methyl sites for hydroxylation is 1. The third-order valence-electron chi connectivity index (χ3n) is 3.90. The van der Waals surface area contributed by atoms with Crippen LogP contribution in [-0.4, -0.2) is 45.5 Å². The van der Waals surface area contributed by atoms with Crippen LogP contribution in [0, 0.1) is 0 Å². The lowest BCUT2D eigenvalue weighted by Gasteiger charge is -2.24. The highest BCUT2D eigenvalue weighted by Crippen LogP contribution is 2.23. The summed E-state index contributed by atoms with van der Waals surface area (Å²) in [6.45, 7) is 1.39. The summed E-state index contributed by atoms with van der Waals surface area (Å²) in [6.07, 6.45) is 2.52. The van der Waals surface area contributed by atoms with Gasteiger partial charge in [-0.15, -0.1) is 5.10 Å². The number of nitrogens with one attached hydrogen (secondary N) is 1. The molecule has 0 bridgehead atoms. The first-order chi connectivity index (χ1) is 11.2. The molecule has 8 nitrogen and oxygen atoms in total. The molecule has 10 heteroatoms. The maximum absolute atomic E-state index is 11.9. The van der Waals surface area contributed by atoms with E-state index in [-0.39, 0.29) is 13.0 Å². The lowest BCUT2D eigenvalue weighted by atomic mass is 10.1. The molecular weight excluding hydrogens is 356 g/mol. The van der Waals surface area contributed by atoms with E-state index in [0.717, 1.165) is 11.8 Å². The van der Waals surface area contributed by atoms with Gasteiger partial charge in [0.25, 0.3) is 5.91 Å². The van der Waals surface area contributed by atoms with Crippen molar-refractivity contribution >= 4 is 27.3 Å². The van der Waals surface area contributed by atoms with E-state index >= 15 is 0 Å². The van der Waals surface area contributed by atoms with Crippen molar-refractivity contribution in [2.24, 2.45) is 0 Å². The van der Waals surface area contributed by atoms with Gasteiger partial charge < -0.3 is 0 Å². The van der Waals surface area contributed by atoms with Gasteiger partial charge in [-0.05, 0) is 25.5 Å². The van der Waals surface area contributed by atoms with Crippen LogP contribution in [0.1, 0.15) is 13.3 Å². The maximum Gasteiger partial charge on any atom is 0.264 e. The number of sulfone groups is 1. The molecule has 0 spiro atoms. The lowest BCUT2D eigenvalue weighted by Crippen LogP contribution is -2.49. The number of carbonyl (C=O) groups excluding carboxylic acids is 1. The number of nitrogens with zero attached hydrogens (tertiary/aromatic N) is 3. The van der Waals surface area contributed by atoms with Crippen LogP contribution >= 0.6 is 11.6 Å². The second kappa shape index (κ2) is 6.88. The van der Waals surface area contributed by atoms with Crippen molar-refractivity contribution in [2.75, 3.05) is 6.26 Å². The molecule has 1 amide bonds. The Balaban J connectivity index is 2.17. The average molecular weight is 373 g/mol. The summed E-state index contributed by atoms with van der Waals surface area (Å²) in [7, 11) is -3.74. The van der Waals surface area contributed by atoms with Gasteiger partial charge in [0.05, 0.1) is 6.20 Å². The highest BCUT2D eigenvalue weighted by Gasteiger charge is 2.43. The van der Waals surface area contributed by atoms with E-state index in [0.29, 0.717) is 10.7 Å². The molecule has 0 saturated heterocycles. The summed E-state index contributed by atoms with van der Waals surface area (Å²) < 4.78 is 23.5. The number of amides is 1. The predicted octanol–water partition coefficient (Wildman–Crippen LogP) is 1.30. The third kappa shape index (κ3) is 3.74. The minimum absolute atomic E-state index is 0.0678. The Morgan fingerprint density at radius 3 is 2.54 bits per heavy atom. The quantitative estimate of drug-likeness (QED) is 0.583. The van der Waals surface area contributed by atoms with E-state index < -0.39 is 20.5 Å². The topological polar surface area (TPSA) is 114 Å². The zero-order chi connectivity index (χ0) is 18.0. The molecule has 2 N–H and O–H groups in total. The van der Waals surface area contributed by atoms with Crippen LogP contribution in [0.4, 0.5) is 0 Å². The molecular formula is C14H17ClN4O4S. The number of hydrogen-bond acceptors (Lipinski definition) is 6. The van der Waals surface area contributed by atoms with Crippen molar-refractivity contribution in [1.82, 2.24) is 20.5 Å². The number of hydrogen-bond donors (Lipinski definition) is 2. The average Bonchev–Trinajstić information content (AvgIpc) is 3.00. The third-order valence-corrected chi connectivity index (χ3v) is 6.18. The van der Waals surface area contributed by atoms with Gasteiger partial charge in [-0.1, -0.05) is 28.9 Å². The first-order valence-corrected chi connectivity index (χ1v) is 9.24. The van der Waals surface area contributed by atoms with Crippen LogP contribution in [0.15, 0.2) is 30.5 Å². The van der Waals surface area contributed by atoms with Crippen molar-refractivity contribution < 1.29 is 18.4 Å². The van der Waals surface area contributed by atoms with Gasteiger partial charge in [0.2, 0.25) is 0 Å². The minimum Gasteiger partial charge on any atom is -0.289 e. The Morgan fingerprint density at radius 2 is 2.00 bits per heavy atom. The van der Waals surface area contributed by atoms with Crippen LogP contribution < -0.4 is 5.48 Å². The monoisotopic (exact) mass is 372 g/mol. The summed E-state index contributed by atoms with van der Waals surface area (Å²) in [4.78, 5) is 11.8. The fourth-order valence-electron chi connectivity index (χ4n) is 2.07. The van der Waals surface area contributed by atoms with Crippen molar-refractivity contribution in [3.8, 4) is 11.3 Å². The van der Waals surface area contributed by atoms with E-state index in [1.165, 1.54) is 17.1 Å². The molecule has 130 valence electrons. The summed E-state index contributed by atoms with van der Waals surface area (Å²) >= 11 is 5.83. The Morgan fingerprint density at radius 1 is 1.38 bits per heavy atom. The smallest absolute Gasteiger partial charge is 0.264 e. The Hall–Kier alpha value is -1.97.